The van der Waals surface area contributed by atoms with E-state index in [4.69, 9.17) is 16.3 Å². The van der Waals surface area contributed by atoms with Gasteiger partial charge in [-0.3, -0.25) is 0 Å². The van der Waals surface area contributed by atoms with Crippen LogP contribution >= 0.6 is 0 Å². The summed E-state index contributed by atoms with van der Waals surface area (Å²) in [4.78, 5) is 5.53. The second-order valence-corrected chi connectivity index (χ2v) is 4.97. The lowest BCUT2D eigenvalue weighted by atomic mass is 10.1. The van der Waals surface area contributed by atoms with Gasteiger partial charge in [0.2, 0.25) is 0 Å². The first-order chi connectivity index (χ1) is 10.7. The van der Waals surface area contributed by atoms with Gasteiger partial charge >= 0.3 is 0 Å². The highest BCUT2D eigenvalue weighted by Crippen LogP contribution is 2.23. The molecule has 110 valence electrons. The lowest BCUT2D eigenvalue weighted by molar-refractivity contribution is 0.405. The third kappa shape index (κ3) is 3.30. The van der Waals surface area contributed by atoms with Gasteiger partial charge in [-0.2, -0.15) is 0 Å². The smallest absolute Gasteiger partial charge is 0.155 e. The van der Waals surface area contributed by atoms with Crippen LogP contribution in [0.1, 0.15) is 0 Å². The Morgan fingerprint density at radius 1 is 0.591 bits per heavy atom. The molecule has 0 amide bonds. The Bertz CT molecular complexity index is 735. The van der Waals surface area contributed by atoms with Gasteiger partial charge in [0, 0.05) is 11.4 Å². The van der Waals surface area contributed by atoms with Crippen molar-refractivity contribution >= 4 is 17.1 Å². The van der Waals surface area contributed by atoms with Crippen molar-refractivity contribution in [1.82, 2.24) is 0 Å². The maximum Gasteiger partial charge on any atom is 0.155 e. The van der Waals surface area contributed by atoms with E-state index in [9.17, 15) is 0 Å². The van der Waals surface area contributed by atoms with Crippen LogP contribution < -0.4 is 21.8 Å². The Balaban J connectivity index is 1.66. The van der Waals surface area contributed by atoms with Gasteiger partial charge in [0.05, 0.1) is 5.69 Å². The van der Waals surface area contributed by atoms with Crippen LogP contribution in [0.3, 0.4) is 0 Å². The summed E-state index contributed by atoms with van der Waals surface area (Å²) in [6.45, 7) is 0. The van der Waals surface area contributed by atoms with Gasteiger partial charge in [-0.1, -0.05) is 24.3 Å². The highest BCUT2D eigenvalue weighted by molar-refractivity contribution is 5.66. The van der Waals surface area contributed by atoms with E-state index in [0.717, 1.165) is 33.9 Å². The minimum Gasteiger partial charge on any atom is -0.399 e. The van der Waals surface area contributed by atoms with E-state index in [0.29, 0.717) is 0 Å². The molecule has 3 rings (SSSR count). The largest absolute Gasteiger partial charge is 0.399 e. The van der Waals surface area contributed by atoms with Crippen LogP contribution in [0, 0.1) is 0 Å². The highest BCUT2D eigenvalue weighted by Gasteiger charge is 1.99. The average Bonchev–Trinajstić information content (AvgIpc) is 2.56. The molecule has 0 atom stereocenters. The van der Waals surface area contributed by atoms with E-state index >= 15 is 0 Å². The van der Waals surface area contributed by atoms with Crippen LogP contribution in [0.25, 0.3) is 11.1 Å². The monoisotopic (exact) mass is 291 g/mol. The summed E-state index contributed by atoms with van der Waals surface area (Å²) in [5.41, 5.74) is 18.8. The topological polar surface area (TPSA) is 73.3 Å². The molecular formula is C18H17N3O. The van der Waals surface area contributed by atoms with Crippen LogP contribution in [0.5, 0.6) is 5.75 Å². The second-order valence-electron chi connectivity index (χ2n) is 4.97. The van der Waals surface area contributed by atoms with Crippen LogP contribution in [0.15, 0.2) is 72.8 Å². The summed E-state index contributed by atoms with van der Waals surface area (Å²) in [5.74, 6) is 0.732. The first-order valence-electron chi connectivity index (χ1n) is 6.95. The predicted molar refractivity (Wildman–Crippen MR) is 91.4 cm³/mol. The van der Waals surface area contributed by atoms with Crippen molar-refractivity contribution in [2.75, 3.05) is 16.9 Å². The zero-order valence-corrected chi connectivity index (χ0v) is 12.0. The second kappa shape index (κ2) is 6.10. The SMILES string of the molecule is Nc1ccc(NOc2ccc(-c3ccc(N)cc3)cc2)cc1. The van der Waals surface area contributed by atoms with E-state index in [2.05, 4.69) is 5.48 Å². The lowest BCUT2D eigenvalue weighted by Crippen LogP contribution is -2.04. The van der Waals surface area contributed by atoms with E-state index in [1.807, 2.05) is 72.8 Å². The predicted octanol–water partition coefficient (Wildman–Crippen LogP) is 3.92. The summed E-state index contributed by atoms with van der Waals surface area (Å²) >= 11 is 0. The van der Waals surface area contributed by atoms with Crippen molar-refractivity contribution in [3.8, 4) is 16.9 Å². The molecule has 4 heteroatoms. The quantitative estimate of drug-likeness (QED) is 0.503. The number of hydrogen-bond donors (Lipinski definition) is 3. The minimum atomic E-state index is 0.721. The number of rotatable bonds is 4. The maximum atomic E-state index is 5.70. The first-order valence-corrected chi connectivity index (χ1v) is 6.95. The standard InChI is InChI=1S/C18H17N3O/c19-15-5-1-13(2-6-15)14-3-11-18(12-4-14)22-21-17-9-7-16(20)8-10-17/h1-12,21H,19-20H2. The van der Waals surface area contributed by atoms with Crippen LogP contribution in [0.2, 0.25) is 0 Å². The fraction of sp³-hybridized carbons (Fsp3) is 0. The molecule has 0 radical (unpaired) electrons. The molecule has 0 aliphatic carbocycles. The Labute approximate surface area is 129 Å². The zero-order chi connectivity index (χ0) is 15.4. The molecule has 0 heterocycles. The minimum absolute atomic E-state index is 0.721. The Kier molecular flexibility index (Phi) is 3.83. The van der Waals surface area contributed by atoms with Crippen molar-refractivity contribution in [3.63, 3.8) is 0 Å². The Morgan fingerprint density at radius 3 is 1.59 bits per heavy atom. The summed E-state index contributed by atoms with van der Waals surface area (Å²) < 4.78 is 0. The normalized spacial score (nSPS) is 10.2. The summed E-state index contributed by atoms with van der Waals surface area (Å²) in [6.07, 6.45) is 0. The van der Waals surface area contributed by atoms with Crippen molar-refractivity contribution in [2.24, 2.45) is 0 Å². The molecule has 0 spiro atoms. The van der Waals surface area contributed by atoms with Gasteiger partial charge in [0.25, 0.3) is 0 Å². The summed E-state index contributed by atoms with van der Waals surface area (Å²) in [7, 11) is 0. The average molecular weight is 291 g/mol. The Hall–Kier alpha value is -3.14. The molecule has 22 heavy (non-hydrogen) atoms. The molecule has 5 N–H and O–H groups in total. The van der Waals surface area contributed by atoms with Gasteiger partial charge in [-0.15, -0.1) is 0 Å². The number of nitrogen functional groups attached to an aromatic ring is 2. The van der Waals surface area contributed by atoms with Crippen molar-refractivity contribution < 1.29 is 4.84 Å². The van der Waals surface area contributed by atoms with Crippen molar-refractivity contribution in [3.05, 3.63) is 72.8 Å². The first kappa shape index (κ1) is 13.8. The zero-order valence-electron chi connectivity index (χ0n) is 12.0. The third-order valence-electron chi connectivity index (χ3n) is 3.30. The third-order valence-corrected chi connectivity index (χ3v) is 3.30. The molecule has 0 aliphatic heterocycles. The van der Waals surface area contributed by atoms with Crippen molar-refractivity contribution in [1.29, 1.82) is 0 Å². The van der Waals surface area contributed by atoms with Crippen LogP contribution in [-0.2, 0) is 0 Å². The van der Waals surface area contributed by atoms with Gasteiger partial charge in [0.15, 0.2) is 5.75 Å². The molecular weight excluding hydrogens is 274 g/mol. The van der Waals surface area contributed by atoms with Crippen LogP contribution in [-0.4, -0.2) is 0 Å². The molecule has 0 fully saturated rings. The summed E-state index contributed by atoms with van der Waals surface area (Å²) in [5, 5.41) is 0. The van der Waals surface area contributed by atoms with E-state index in [-0.39, 0.29) is 0 Å². The lowest BCUT2D eigenvalue weighted by Gasteiger charge is -2.09. The number of nitrogens with one attached hydrogen (secondary N) is 1. The molecule has 0 aliphatic rings. The van der Waals surface area contributed by atoms with Gasteiger partial charge in [-0.05, 0) is 59.7 Å². The highest BCUT2D eigenvalue weighted by atomic mass is 16.6. The molecule has 0 saturated heterocycles. The molecule has 0 saturated carbocycles. The number of benzene rings is 3. The van der Waals surface area contributed by atoms with Crippen molar-refractivity contribution in [2.45, 2.75) is 0 Å². The van der Waals surface area contributed by atoms with E-state index < -0.39 is 0 Å². The maximum absolute atomic E-state index is 5.70. The van der Waals surface area contributed by atoms with Crippen LogP contribution in [0.4, 0.5) is 17.1 Å². The number of nitrogens with two attached hydrogens (primary N) is 2. The van der Waals surface area contributed by atoms with Gasteiger partial charge in [0.1, 0.15) is 0 Å². The molecule has 0 aromatic heterocycles. The summed E-state index contributed by atoms with van der Waals surface area (Å²) in [6, 6.07) is 23.0. The molecule has 4 nitrogen and oxygen atoms in total. The Morgan fingerprint density at radius 2 is 1.05 bits per heavy atom. The van der Waals surface area contributed by atoms with E-state index in [1.54, 1.807) is 0 Å². The number of hydrogen-bond acceptors (Lipinski definition) is 4. The fourth-order valence-corrected chi connectivity index (χ4v) is 2.06. The molecule has 0 unspecified atom stereocenters. The molecule has 0 bridgehead atoms. The number of anilines is 3. The van der Waals surface area contributed by atoms with Gasteiger partial charge < -0.3 is 16.3 Å². The fourth-order valence-electron chi connectivity index (χ4n) is 2.06. The van der Waals surface area contributed by atoms with E-state index in [1.165, 1.54) is 0 Å². The molecule has 3 aromatic rings. The van der Waals surface area contributed by atoms with Gasteiger partial charge in [-0.25, -0.2) is 5.48 Å². The molecule has 3 aromatic carbocycles.